The second-order valence-electron chi connectivity index (χ2n) is 6.36. The first-order valence-electron chi connectivity index (χ1n) is 8.55. The Labute approximate surface area is 183 Å². The van der Waals surface area contributed by atoms with Crippen LogP contribution >= 0.6 is 0 Å². The molecule has 0 aliphatic carbocycles. The minimum absolute atomic E-state index is 0.343. The number of carboxylic acid groups (broad SMARTS) is 2. The number of ketones is 4. The molecule has 0 atom stereocenters. The summed E-state index contributed by atoms with van der Waals surface area (Å²) >= 11 is -0.929. The Kier molecular flexibility index (Phi) is 19.1. The maximum atomic E-state index is 10.4. The zero-order valence-electron chi connectivity index (χ0n) is 17.9. The molecule has 0 heterocycles. The van der Waals surface area contributed by atoms with E-state index in [0.717, 1.165) is 27.7 Å². The van der Waals surface area contributed by atoms with Gasteiger partial charge in [0.25, 0.3) is 0 Å². The van der Waals surface area contributed by atoms with Crippen LogP contribution in [-0.2, 0) is 58.5 Å². The first kappa shape index (κ1) is 32.1. The van der Waals surface area contributed by atoms with Crippen LogP contribution < -0.4 is 10.2 Å². The van der Waals surface area contributed by atoms with Crippen molar-refractivity contribution in [1.82, 2.24) is 0 Å². The van der Waals surface area contributed by atoms with E-state index in [9.17, 15) is 39.0 Å². The molecule has 29 heavy (non-hydrogen) atoms. The third kappa shape index (κ3) is 19.5. The van der Waals surface area contributed by atoms with Gasteiger partial charge in [0.2, 0.25) is 0 Å². The fraction of sp³-hybridized carbons (Fsp3) is 0.667. The van der Waals surface area contributed by atoms with E-state index in [2.05, 4.69) is 0 Å². The van der Waals surface area contributed by atoms with Gasteiger partial charge in [-0.3, -0.25) is 19.2 Å². The zero-order valence-corrected chi connectivity index (χ0v) is 20.3. The predicted octanol–water partition coefficient (Wildman–Crippen LogP) is -1.19. The Morgan fingerprint density at radius 1 is 0.586 bits per heavy atom. The predicted molar refractivity (Wildman–Crippen MR) is 92.2 cm³/mol. The van der Waals surface area contributed by atoms with Crippen LogP contribution in [-0.4, -0.2) is 47.3 Å². The van der Waals surface area contributed by atoms with Crippen molar-refractivity contribution in [1.29, 1.82) is 0 Å². The SMILES string of the molecule is CC(=O)C(C(C)=O)C(=O)[O-].CC(=O)C(C(C)=O)C(=O)[O-].CC(C)[O][Zr+2][O]C(C)C. The van der Waals surface area contributed by atoms with E-state index in [1.54, 1.807) is 0 Å². The van der Waals surface area contributed by atoms with E-state index in [-0.39, 0.29) is 0 Å². The van der Waals surface area contributed by atoms with Gasteiger partial charge in [0.05, 0.1) is 11.9 Å². The average molecular weight is 496 g/mol. The van der Waals surface area contributed by atoms with Crippen LogP contribution in [0.2, 0.25) is 0 Å². The summed E-state index contributed by atoms with van der Waals surface area (Å²) in [5.41, 5.74) is 0. The molecule has 10 nitrogen and oxygen atoms in total. The van der Waals surface area contributed by atoms with Crippen molar-refractivity contribution in [2.45, 2.75) is 67.6 Å². The molecule has 0 aliphatic heterocycles. The van der Waals surface area contributed by atoms with Gasteiger partial charge in [0, 0.05) is 0 Å². The third-order valence-electron chi connectivity index (χ3n) is 2.67. The molecular weight excluding hydrogens is 467 g/mol. The number of aliphatic carboxylic acids is 2. The Bertz CT molecular complexity index is 467. The molecule has 0 aromatic carbocycles. The van der Waals surface area contributed by atoms with Gasteiger partial charge in [-0.2, -0.15) is 0 Å². The van der Waals surface area contributed by atoms with Crippen molar-refractivity contribution in [3.05, 3.63) is 0 Å². The fourth-order valence-corrected chi connectivity index (χ4v) is 2.54. The van der Waals surface area contributed by atoms with Gasteiger partial charge >= 0.3 is 69.6 Å². The van der Waals surface area contributed by atoms with Crippen LogP contribution in [0.1, 0.15) is 55.4 Å². The Hall–Kier alpha value is -1.58. The summed E-state index contributed by atoms with van der Waals surface area (Å²) in [5, 5.41) is 20.1. The molecule has 0 aromatic rings. The second-order valence-corrected chi connectivity index (χ2v) is 7.93. The van der Waals surface area contributed by atoms with E-state index in [0.29, 0.717) is 12.2 Å². The Morgan fingerprint density at radius 2 is 0.793 bits per heavy atom. The molecule has 0 N–H and O–H groups in total. The van der Waals surface area contributed by atoms with Crippen LogP contribution in [0.25, 0.3) is 0 Å². The molecule has 0 radical (unpaired) electrons. The van der Waals surface area contributed by atoms with Crippen LogP contribution in [0, 0.1) is 11.8 Å². The molecule has 0 bridgehead atoms. The van der Waals surface area contributed by atoms with E-state index in [4.69, 9.17) is 5.63 Å². The summed E-state index contributed by atoms with van der Waals surface area (Å²) in [5.74, 6) is -9.17. The normalized spacial score (nSPS) is 9.79. The molecule has 164 valence electrons. The van der Waals surface area contributed by atoms with Crippen molar-refractivity contribution in [3.8, 4) is 0 Å². The van der Waals surface area contributed by atoms with E-state index >= 15 is 0 Å². The second kappa shape index (κ2) is 17.3. The standard InChI is InChI=1S/2C6H8O4.2C3H7O.Zr/c2*1-3(7)5(4(2)8)6(9)10;2*1-3(2)4;/h2*5H,1-2H3,(H,9,10);2*3H,1-2H3;/q;;2*-1;+4/p-2. The molecule has 0 rings (SSSR count). The number of carbonyl (C=O) groups excluding carboxylic acids is 6. The quantitative estimate of drug-likeness (QED) is 0.336. The van der Waals surface area contributed by atoms with Crippen molar-refractivity contribution >= 4 is 35.1 Å². The topological polar surface area (TPSA) is 167 Å². The van der Waals surface area contributed by atoms with Gasteiger partial charge in [-0.05, 0) is 27.7 Å². The van der Waals surface area contributed by atoms with E-state index < -0.39 is 71.0 Å². The van der Waals surface area contributed by atoms with Gasteiger partial charge in [-0.1, -0.05) is 0 Å². The minimum atomic E-state index is -1.62. The van der Waals surface area contributed by atoms with Crippen LogP contribution in [0.15, 0.2) is 0 Å². The van der Waals surface area contributed by atoms with Gasteiger partial charge in [0.15, 0.2) is 0 Å². The number of hydrogen-bond donors (Lipinski definition) is 0. The molecule has 0 saturated carbocycles. The Morgan fingerprint density at radius 3 is 0.862 bits per heavy atom. The van der Waals surface area contributed by atoms with E-state index in [1.807, 2.05) is 27.7 Å². The van der Waals surface area contributed by atoms with Crippen LogP contribution in [0.3, 0.4) is 0 Å². The number of carboxylic acids is 2. The Balaban J connectivity index is -0.000000350. The first-order valence-corrected chi connectivity index (χ1v) is 10.6. The maximum absolute atomic E-state index is 10.4. The molecule has 0 unspecified atom stereocenters. The fourth-order valence-electron chi connectivity index (χ4n) is 1.46. The summed E-state index contributed by atoms with van der Waals surface area (Å²) in [4.78, 5) is 61.6. The summed E-state index contributed by atoms with van der Waals surface area (Å²) in [6, 6.07) is 0. The number of hydrogen-bond acceptors (Lipinski definition) is 10. The summed E-state index contributed by atoms with van der Waals surface area (Å²) in [6.07, 6.45) is 0.686. The number of carbonyl (C=O) groups is 6. The molecule has 0 fully saturated rings. The third-order valence-corrected chi connectivity index (χ3v) is 5.46. The summed E-state index contributed by atoms with van der Waals surface area (Å²) in [7, 11) is 0. The molecule has 0 saturated heterocycles. The summed E-state index contributed by atoms with van der Waals surface area (Å²) in [6.45, 7) is 12.3. The molecular formula is C18H28O10Zr. The number of Topliss-reactive ketones (excluding diaryl/α,β-unsaturated/α-hetero) is 4. The van der Waals surface area contributed by atoms with Crippen molar-refractivity contribution in [2.24, 2.45) is 11.8 Å². The first-order chi connectivity index (χ1) is 13.1. The summed E-state index contributed by atoms with van der Waals surface area (Å²) < 4.78 is 10.6. The number of rotatable bonds is 10. The van der Waals surface area contributed by atoms with E-state index in [1.165, 1.54) is 0 Å². The average Bonchev–Trinajstić information content (AvgIpc) is 2.44. The van der Waals surface area contributed by atoms with Crippen LogP contribution in [0.4, 0.5) is 0 Å². The van der Waals surface area contributed by atoms with Gasteiger partial charge < -0.3 is 19.8 Å². The molecule has 0 aromatic heterocycles. The molecule has 11 heteroatoms. The molecule has 0 amide bonds. The van der Waals surface area contributed by atoms with Gasteiger partial charge in [-0.25, -0.2) is 0 Å². The molecule has 0 aliphatic rings. The van der Waals surface area contributed by atoms with Crippen molar-refractivity contribution in [2.75, 3.05) is 0 Å². The zero-order chi connectivity index (χ0) is 23.9. The van der Waals surface area contributed by atoms with Crippen molar-refractivity contribution in [3.63, 3.8) is 0 Å². The van der Waals surface area contributed by atoms with Crippen molar-refractivity contribution < 1.29 is 68.7 Å². The molecule has 0 spiro atoms. The van der Waals surface area contributed by atoms with Gasteiger partial charge in [0.1, 0.15) is 35.0 Å². The van der Waals surface area contributed by atoms with Crippen LogP contribution in [0.5, 0.6) is 0 Å². The van der Waals surface area contributed by atoms with Gasteiger partial charge in [-0.15, -0.1) is 0 Å². The monoisotopic (exact) mass is 494 g/mol.